The molecule has 0 heterocycles. The van der Waals surface area contributed by atoms with E-state index in [0.29, 0.717) is 0 Å². The Balaban J connectivity index is 0.000000438. The molecule has 0 fully saturated rings. The van der Waals surface area contributed by atoms with Gasteiger partial charge in [0.25, 0.3) is 0 Å². The number of primary amides is 1. The molecule has 128 valence electrons. The van der Waals surface area contributed by atoms with Crippen LogP contribution in [0.1, 0.15) is 18.4 Å². The van der Waals surface area contributed by atoms with Crippen LogP contribution in [-0.4, -0.2) is 45.2 Å². The van der Waals surface area contributed by atoms with Gasteiger partial charge in [0, 0.05) is 6.42 Å². The Labute approximate surface area is 132 Å². The molecule has 1 aromatic carbocycles. The van der Waals surface area contributed by atoms with Crippen LogP contribution in [0.2, 0.25) is 0 Å². The first kappa shape index (κ1) is 20.3. The van der Waals surface area contributed by atoms with Crippen LogP contribution in [0.3, 0.4) is 0 Å². The number of phenols is 1. The number of carboxylic acid groups (broad SMARTS) is 2. The van der Waals surface area contributed by atoms with Gasteiger partial charge in [-0.25, -0.2) is 0 Å². The topological polar surface area (TPSA) is 190 Å². The number of rotatable bonds is 7. The summed E-state index contributed by atoms with van der Waals surface area (Å²) < 4.78 is 0. The van der Waals surface area contributed by atoms with Gasteiger partial charge in [-0.2, -0.15) is 0 Å². The fraction of sp³-hybridized carbons (Fsp3) is 0.357. The number of hydrogen-bond acceptors (Lipinski definition) is 6. The van der Waals surface area contributed by atoms with Crippen molar-refractivity contribution in [1.29, 1.82) is 0 Å². The van der Waals surface area contributed by atoms with Gasteiger partial charge >= 0.3 is 11.9 Å². The molecule has 2 unspecified atom stereocenters. The summed E-state index contributed by atoms with van der Waals surface area (Å²) in [5.41, 5.74) is 15.9. The standard InChI is InChI=1S/C9H11NO3.C5H10N2O3/c10-8(9(12)13)5-6-1-3-7(11)4-2-6;6-3(5(9)10)1-2-4(7)8/h1-4,8,11H,5,10H2,(H,12,13);3H,1-2,6H2,(H2,7,8)(H,9,10). The Kier molecular flexibility index (Phi) is 8.97. The number of carboxylic acids is 2. The van der Waals surface area contributed by atoms with Gasteiger partial charge in [-0.05, 0) is 30.5 Å². The second-order valence-electron chi connectivity index (χ2n) is 4.77. The third-order valence-corrected chi connectivity index (χ3v) is 2.73. The molecule has 0 aliphatic rings. The summed E-state index contributed by atoms with van der Waals surface area (Å²) in [4.78, 5) is 30.5. The third-order valence-electron chi connectivity index (χ3n) is 2.73. The smallest absolute Gasteiger partial charge is 0.320 e. The van der Waals surface area contributed by atoms with Crippen molar-refractivity contribution in [2.24, 2.45) is 17.2 Å². The average Bonchev–Trinajstić information content (AvgIpc) is 2.47. The van der Waals surface area contributed by atoms with E-state index in [2.05, 4.69) is 0 Å². The van der Waals surface area contributed by atoms with Gasteiger partial charge < -0.3 is 32.5 Å². The van der Waals surface area contributed by atoms with Gasteiger partial charge in [0.15, 0.2) is 0 Å². The van der Waals surface area contributed by atoms with Crippen LogP contribution in [0.4, 0.5) is 0 Å². The molecule has 1 aromatic rings. The molecule has 0 aliphatic heterocycles. The zero-order valence-electron chi connectivity index (χ0n) is 12.4. The largest absolute Gasteiger partial charge is 0.508 e. The maximum atomic E-state index is 10.4. The van der Waals surface area contributed by atoms with Gasteiger partial charge in [-0.1, -0.05) is 12.1 Å². The van der Waals surface area contributed by atoms with Gasteiger partial charge in [-0.15, -0.1) is 0 Å². The van der Waals surface area contributed by atoms with E-state index in [9.17, 15) is 14.4 Å². The van der Waals surface area contributed by atoms with Gasteiger partial charge in [0.05, 0.1) is 0 Å². The molecule has 23 heavy (non-hydrogen) atoms. The summed E-state index contributed by atoms with van der Waals surface area (Å²) in [6.45, 7) is 0. The first-order chi connectivity index (χ1) is 10.6. The van der Waals surface area contributed by atoms with E-state index < -0.39 is 29.9 Å². The van der Waals surface area contributed by atoms with E-state index in [0.717, 1.165) is 5.56 Å². The number of nitrogens with two attached hydrogens (primary N) is 3. The maximum Gasteiger partial charge on any atom is 0.320 e. The number of amides is 1. The highest BCUT2D eigenvalue weighted by atomic mass is 16.4. The van der Waals surface area contributed by atoms with Crippen LogP contribution in [0.15, 0.2) is 24.3 Å². The first-order valence-corrected chi connectivity index (χ1v) is 6.66. The fourth-order valence-electron chi connectivity index (χ4n) is 1.39. The lowest BCUT2D eigenvalue weighted by Gasteiger charge is -2.05. The molecule has 0 bridgehead atoms. The highest BCUT2D eigenvalue weighted by molar-refractivity contribution is 5.77. The van der Waals surface area contributed by atoms with E-state index in [1.54, 1.807) is 12.1 Å². The summed E-state index contributed by atoms with van der Waals surface area (Å²) in [5.74, 6) is -2.50. The van der Waals surface area contributed by atoms with Crippen LogP contribution >= 0.6 is 0 Å². The third kappa shape index (κ3) is 9.82. The molecule has 0 spiro atoms. The molecule has 2 atom stereocenters. The van der Waals surface area contributed by atoms with Crippen molar-refractivity contribution in [3.05, 3.63) is 29.8 Å². The van der Waals surface area contributed by atoms with Gasteiger partial charge in [-0.3, -0.25) is 14.4 Å². The Morgan fingerprint density at radius 3 is 1.83 bits per heavy atom. The Morgan fingerprint density at radius 1 is 0.957 bits per heavy atom. The number of aliphatic carboxylic acids is 2. The highest BCUT2D eigenvalue weighted by Crippen LogP contribution is 2.10. The lowest BCUT2D eigenvalue weighted by Crippen LogP contribution is -2.32. The van der Waals surface area contributed by atoms with E-state index in [4.69, 9.17) is 32.5 Å². The Hall–Kier alpha value is -2.65. The van der Waals surface area contributed by atoms with Crippen LogP contribution in [0.5, 0.6) is 5.75 Å². The number of phenolic OH excluding ortho intramolecular Hbond substituents is 1. The molecular formula is C14H21N3O6. The van der Waals surface area contributed by atoms with Crippen LogP contribution < -0.4 is 17.2 Å². The predicted molar refractivity (Wildman–Crippen MR) is 81.5 cm³/mol. The molecule has 0 saturated heterocycles. The summed E-state index contributed by atoms with van der Waals surface area (Å²) in [6, 6.07) is 4.45. The molecule has 0 aliphatic carbocycles. The van der Waals surface area contributed by atoms with Gasteiger partial charge in [0.2, 0.25) is 5.91 Å². The monoisotopic (exact) mass is 327 g/mol. The van der Waals surface area contributed by atoms with Crippen LogP contribution in [0, 0.1) is 0 Å². The number of hydrogen-bond donors (Lipinski definition) is 6. The lowest BCUT2D eigenvalue weighted by atomic mass is 10.1. The zero-order valence-corrected chi connectivity index (χ0v) is 12.4. The zero-order chi connectivity index (χ0) is 18.0. The number of carbonyl (C=O) groups excluding carboxylic acids is 1. The van der Waals surface area contributed by atoms with E-state index in [1.165, 1.54) is 12.1 Å². The lowest BCUT2D eigenvalue weighted by molar-refractivity contribution is -0.139. The highest BCUT2D eigenvalue weighted by Gasteiger charge is 2.12. The van der Waals surface area contributed by atoms with Crippen molar-refractivity contribution < 1.29 is 29.7 Å². The SMILES string of the molecule is NC(=O)CCC(N)C(=O)O.NC(Cc1ccc(O)cc1)C(=O)O. The summed E-state index contributed by atoms with van der Waals surface area (Å²) in [6.07, 6.45) is 0.397. The van der Waals surface area contributed by atoms with E-state index >= 15 is 0 Å². The van der Waals surface area contributed by atoms with E-state index in [-0.39, 0.29) is 25.0 Å². The predicted octanol–water partition coefficient (Wildman–Crippen LogP) is -0.990. The van der Waals surface area contributed by atoms with Crippen molar-refractivity contribution in [3.8, 4) is 5.75 Å². The number of benzene rings is 1. The molecular weight excluding hydrogens is 306 g/mol. The summed E-state index contributed by atoms with van der Waals surface area (Å²) in [5, 5.41) is 25.7. The molecule has 0 aromatic heterocycles. The second kappa shape index (κ2) is 10.1. The average molecular weight is 327 g/mol. The second-order valence-corrected chi connectivity index (χ2v) is 4.77. The van der Waals surface area contributed by atoms with Crippen molar-refractivity contribution in [1.82, 2.24) is 0 Å². The van der Waals surface area contributed by atoms with Crippen LogP contribution in [-0.2, 0) is 20.8 Å². The fourth-order valence-corrected chi connectivity index (χ4v) is 1.39. The van der Waals surface area contributed by atoms with Crippen molar-refractivity contribution in [2.75, 3.05) is 0 Å². The number of carbonyl (C=O) groups is 3. The van der Waals surface area contributed by atoms with Crippen LogP contribution in [0.25, 0.3) is 0 Å². The summed E-state index contributed by atoms with van der Waals surface area (Å²) in [7, 11) is 0. The maximum absolute atomic E-state index is 10.4. The molecule has 0 radical (unpaired) electrons. The molecule has 9 nitrogen and oxygen atoms in total. The van der Waals surface area contributed by atoms with Gasteiger partial charge in [0.1, 0.15) is 17.8 Å². The quantitative estimate of drug-likeness (QED) is 0.367. The minimum absolute atomic E-state index is 0.0213. The number of aromatic hydroxyl groups is 1. The minimum atomic E-state index is -1.11. The van der Waals surface area contributed by atoms with Crippen molar-refractivity contribution in [2.45, 2.75) is 31.3 Å². The molecule has 1 rings (SSSR count). The molecule has 0 saturated carbocycles. The normalized spacial score (nSPS) is 12.4. The Morgan fingerprint density at radius 2 is 1.43 bits per heavy atom. The first-order valence-electron chi connectivity index (χ1n) is 6.66. The molecule has 9 N–H and O–H groups in total. The van der Waals surface area contributed by atoms with Crippen molar-refractivity contribution >= 4 is 17.8 Å². The Bertz CT molecular complexity index is 532. The van der Waals surface area contributed by atoms with E-state index in [1.807, 2.05) is 0 Å². The summed E-state index contributed by atoms with van der Waals surface area (Å²) >= 11 is 0. The minimum Gasteiger partial charge on any atom is -0.508 e. The molecule has 9 heteroatoms. The molecule has 1 amide bonds. The van der Waals surface area contributed by atoms with Crippen molar-refractivity contribution in [3.63, 3.8) is 0 Å².